The van der Waals surface area contributed by atoms with Crippen molar-refractivity contribution in [1.82, 2.24) is 24.7 Å². The number of aliphatic hydroxyl groups is 1. The van der Waals surface area contributed by atoms with E-state index in [1.54, 1.807) is 24.0 Å². The number of aryl methyl sites for hydroxylation is 1. The molecule has 0 radical (unpaired) electrons. The van der Waals surface area contributed by atoms with Crippen molar-refractivity contribution in [3.8, 4) is 22.5 Å². The lowest BCUT2D eigenvalue weighted by atomic mass is 9.94. The van der Waals surface area contributed by atoms with Gasteiger partial charge in [0.05, 0.1) is 5.60 Å². The molecular formula is C25H26F2N8O. The molecule has 0 aliphatic carbocycles. The average molecular weight is 493 g/mol. The summed E-state index contributed by atoms with van der Waals surface area (Å²) in [7, 11) is 1.72. The number of pyridine rings is 2. The van der Waals surface area contributed by atoms with Gasteiger partial charge in [0, 0.05) is 54.9 Å². The summed E-state index contributed by atoms with van der Waals surface area (Å²) in [6.45, 7) is 3.34. The number of nitrogens with zero attached hydrogens (tertiary/aromatic N) is 6. The molecule has 0 unspecified atom stereocenters. The predicted molar refractivity (Wildman–Crippen MR) is 134 cm³/mol. The first-order valence-corrected chi connectivity index (χ1v) is 11.5. The second-order valence-corrected chi connectivity index (χ2v) is 9.15. The van der Waals surface area contributed by atoms with E-state index in [4.69, 9.17) is 5.73 Å². The van der Waals surface area contributed by atoms with Crippen LogP contribution in [0.4, 0.5) is 32.1 Å². The van der Waals surface area contributed by atoms with Crippen LogP contribution in [-0.4, -0.2) is 48.5 Å². The summed E-state index contributed by atoms with van der Waals surface area (Å²) in [5.74, 6) is 0.0393. The van der Waals surface area contributed by atoms with Crippen LogP contribution in [0.1, 0.15) is 19.8 Å². The first-order valence-electron chi connectivity index (χ1n) is 11.5. The third kappa shape index (κ3) is 4.69. The fourth-order valence-electron chi connectivity index (χ4n) is 4.15. The maximum absolute atomic E-state index is 14.8. The van der Waals surface area contributed by atoms with Crippen molar-refractivity contribution in [2.24, 2.45) is 7.05 Å². The lowest BCUT2D eigenvalue weighted by Gasteiger charge is -2.36. The van der Waals surface area contributed by atoms with Crippen molar-refractivity contribution >= 4 is 23.3 Å². The predicted octanol–water partition coefficient (Wildman–Crippen LogP) is 3.89. The Morgan fingerprint density at radius 1 is 1.06 bits per heavy atom. The minimum absolute atomic E-state index is 0.0402. The zero-order valence-corrected chi connectivity index (χ0v) is 19.9. The number of hydrogen-bond acceptors (Lipinski definition) is 8. The summed E-state index contributed by atoms with van der Waals surface area (Å²) in [6.07, 6.45) is 4.43. The van der Waals surface area contributed by atoms with E-state index in [-0.39, 0.29) is 16.9 Å². The van der Waals surface area contributed by atoms with E-state index >= 15 is 0 Å². The summed E-state index contributed by atoms with van der Waals surface area (Å²) >= 11 is 0. The molecule has 1 aliphatic heterocycles. The van der Waals surface area contributed by atoms with Crippen LogP contribution < -0.4 is 16.0 Å². The van der Waals surface area contributed by atoms with Crippen LogP contribution in [0.25, 0.3) is 22.5 Å². The third-order valence-electron chi connectivity index (χ3n) is 6.37. The van der Waals surface area contributed by atoms with Crippen molar-refractivity contribution in [2.75, 3.05) is 29.0 Å². The molecule has 11 heteroatoms. The molecule has 4 aromatic rings. The van der Waals surface area contributed by atoms with Gasteiger partial charge >= 0.3 is 0 Å². The molecule has 4 heterocycles. The first-order chi connectivity index (χ1) is 17.2. The number of nitrogens with two attached hydrogens (primary N) is 1. The molecule has 36 heavy (non-hydrogen) atoms. The highest BCUT2D eigenvalue weighted by molar-refractivity contribution is 5.70. The van der Waals surface area contributed by atoms with E-state index < -0.39 is 17.2 Å². The Balaban J connectivity index is 1.32. The van der Waals surface area contributed by atoms with Crippen LogP contribution in [-0.2, 0) is 7.05 Å². The van der Waals surface area contributed by atoms with Gasteiger partial charge in [-0.05, 0) is 56.2 Å². The molecular weight excluding hydrogens is 466 g/mol. The van der Waals surface area contributed by atoms with Crippen LogP contribution >= 0.6 is 0 Å². The quantitative estimate of drug-likeness (QED) is 0.384. The summed E-state index contributed by atoms with van der Waals surface area (Å²) in [5, 5.41) is 17.6. The SMILES string of the molecule is Cn1nc(-c2ccc(N3CCC(C)(O)CC3)nc2)nc1Nc1ccc(-c2ccnc(N)c2F)c(F)c1. The van der Waals surface area contributed by atoms with E-state index in [9.17, 15) is 13.9 Å². The number of rotatable bonds is 5. The number of nitrogens with one attached hydrogen (secondary N) is 1. The summed E-state index contributed by atoms with van der Waals surface area (Å²) < 4.78 is 30.6. The van der Waals surface area contributed by atoms with E-state index in [0.717, 1.165) is 24.5 Å². The molecule has 0 bridgehead atoms. The molecule has 0 atom stereocenters. The van der Waals surface area contributed by atoms with Crippen molar-refractivity contribution < 1.29 is 13.9 Å². The fourth-order valence-corrected chi connectivity index (χ4v) is 4.15. The molecule has 4 N–H and O–H groups in total. The van der Waals surface area contributed by atoms with Gasteiger partial charge in [-0.15, -0.1) is 5.10 Å². The van der Waals surface area contributed by atoms with Crippen molar-refractivity contribution in [3.63, 3.8) is 0 Å². The van der Waals surface area contributed by atoms with E-state index in [1.165, 1.54) is 24.4 Å². The second-order valence-electron chi connectivity index (χ2n) is 9.15. The van der Waals surface area contributed by atoms with Crippen LogP contribution in [0, 0.1) is 11.6 Å². The Morgan fingerprint density at radius 3 is 2.53 bits per heavy atom. The highest BCUT2D eigenvalue weighted by atomic mass is 19.1. The molecule has 1 saturated heterocycles. The Hall–Kier alpha value is -4.12. The Morgan fingerprint density at radius 2 is 1.83 bits per heavy atom. The van der Waals surface area contributed by atoms with Crippen LogP contribution in [0.2, 0.25) is 0 Å². The van der Waals surface area contributed by atoms with E-state index in [2.05, 4.69) is 30.3 Å². The molecule has 1 aromatic carbocycles. The van der Waals surface area contributed by atoms with Gasteiger partial charge in [0.25, 0.3) is 0 Å². The summed E-state index contributed by atoms with van der Waals surface area (Å²) in [4.78, 5) is 14.9. The maximum atomic E-state index is 14.8. The van der Waals surface area contributed by atoms with Gasteiger partial charge in [0.2, 0.25) is 5.95 Å². The van der Waals surface area contributed by atoms with Crippen molar-refractivity contribution in [1.29, 1.82) is 0 Å². The molecule has 3 aromatic heterocycles. The largest absolute Gasteiger partial charge is 0.390 e. The summed E-state index contributed by atoms with van der Waals surface area (Å²) in [6, 6.07) is 9.53. The molecule has 0 amide bonds. The number of piperidine rings is 1. The molecule has 0 saturated carbocycles. The van der Waals surface area contributed by atoms with Crippen LogP contribution in [0.5, 0.6) is 0 Å². The molecule has 1 aliphatic rings. The average Bonchev–Trinajstić information content (AvgIpc) is 3.21. The number of anilines is 4. The van der Waals surface area contributed by atoms with E-state index in [0.29, 0.717) is 30.3 Å². The number of aromatic nitrogens is 5. The Bertz CT molecular complexity index is 1390. The summed E-state index contributed by atoms with van der Waals surface area (Å²) in [5.41, 5.74) is 6.17. The van der Waals surface area contributed by atoms with Gasteiger partial charge in [-0.25, -0.2) is 23.4 Å². The number of nitrogen functional groups attached to an aromatic ring is 1. The topological polar surface area (TPSA) is 118 Å². The minimum Gasteiger partial charge on any atom is -0.390 e. The Labute approximate surface area is 206 Å². The first kappa shape index (κ1) is 23.6. The fraction of sp³-hybridized carbons (Fsp3) is 0.280. The van der Waals surface area contributed by atoms with Gasteiger partial charge in [-0.3, -0.25) is 0 Å². The monoisotopic (exact) mass is 492 g/mol. The van der Waals surface area contributed by atoms with Gasteiger partial charge < -0.3 is 21.1 Å². The van der Waals surface area contributed by atoms with Crippen LogP contribution in [0.15, 0.2) is 48.8 Å². The number of halogens is 2. The third-order valence-corrected chi connectivity index (χ3v) is 6.37. The highest BCUT2D eigenvalue weighted by Crippen LogP contribution is 2.30. The lowest BCUT2D eigenvalue weighted by Crippen LogP contribution is -2.42. The maximum Gasteiger partial charge on any atom is 0.225 e. The smallest absolute Gasteiger partial charge is 0.225 e. The second kappa shape index (κ2) is 9.15. The molecule has 5 rings (SSSR count). The molecule has 1 fully saturated rings. The van der Waals surface area contributed by atoms with Crippen molar-refractivity contribution in [3.05, 3.63) is 60.4 Å². The van der Waals surface area contributed by atoms with Gasteiger partial charge in [-0.1, -0.05) is 0 Å². The minimum atomic E-state index is -0.762. The van der Waals surface area contributed by atoms with E-state index in [1.807, 2.05) is 19.1 Å². The van der Waals surface area contributed by atoms with Gasteiger partial charge in [0.15, 0.2) is 17.5 Å². The zero-order valence-electron chi connectivity index (χ0n) is 19.9. The normalized spacial score (nSPS) is 15.2. The van der Waals surface area contributed by atoms with Crippen LogP contribution in [0.3, 0.4) is 0 Å². The number of hydrogen-bond donors (Lipinski definition) is 3. The standard InChI is InChI=1S/C25H26F2N8O/c1-25(36)8-11-35(12-9-25)20-6-3-15(14-30-20)23-32-24(34(2)33-23)31-16-4-5-17(19(26)13-16)18-7-10-29-22(28)21(18)27/h3-7,10,13-14,36H,8-9,11-12H2,1-2H3,(H2,28,29)(H,31,32,33). The Kier molecular flexibility index (Phi) is 6.00. The highest BCUT2D eigenvalue weighted by Gasteiger charge is 2.27. The number of benzene rings is 1. The molecule has 9 nitrogen and oxygen atoms in total. The zero-order chi connectivity index (χ0) is 25.4. The molecule has 0 spiro atoms. The van der Waals surface area contributed by atoms with Gasteiger partial charge in [-0.2, -0.15) is 4.98 Å². The van der Waals surface area contributed by atoms with Gasteiger partial charge in [0.1, 0.15) is 11.6 Å². The molecule has 186 valence electrons. The van der Waals surface area contributed by atoms with Crippen molar-refractivity contribution in [2.45, 2.75) is 25.4 Å². The lowest BCUT2D eigenvalue weighted by molar-refractivity contribution is 0.0350.